The molecule has 1 amide bonds. The molecule has 0 saturated carbocycles. The zero-order valence-electron chi connectivity index (χ0n) is 22.6. The van der Waals surface area contributed by atoms with E-state index in [4.69, 9.17) is 18.6 Å². The number of hydrogen-bond acceptors (Lipinski definition) is 10. The molecule has 0 saturated heterocycles. The first-order valence-corrected chi connectivity index (χ1v) is 14.0. The van der Waals surface area contributed by atoms with Crippen LogP contribution in [0.15, 0.2) is 76.6 Å². The topological polar surface area (TPSA) is 133 Å². The fraction of sp³-hybridized carbons (Fsp3) is 0.250. The van der Waals surface area contributed by atoms with Crippen LogP contribution in [-0.4, -0.2) is 51.4 Å². The molecule has 4 rings (SSSR count). The minimum atomic E-state index is -3.81. The van der Waals surface area contributed by atoms with Gasteiger partial charge in [-0.15, -0.1) is 0 Å². The molecule has 12 heteroatoms. The fourth-order valence-corrected chi connectivity index (χ4v) is 4.68. The van der Waals surface area contributed by atoms with Gasteiger partial charge in [-0.25, -0.2) is 18.4 Å². The van der Waals surface area contributed by atoms with Gasteiger partial charge in [-0.05, 0) is 30.3 Å². The highest BCUT2D eigenvalue weighted by Crippen LogP contribution is 2.31. The van der Waals surface area contributed by atoms with Crippen molar-refractivity contribution < 1.29 is 31.8 Å². The summed E-state index contributed by atoms with van der Waals surface area (Å²) in [6, 6.07) is 15.9. The monoisotopic (exact) mass is 566 g/mol. The Morgan fingerprint density at radius 3 is 2.42 bits per heavy atom. The number of furan rings is 1. The molecule has 0 bridgehead atoms. The molecular weight excluding hydrogens is 536 g/mol. The lowest BCUT2D eigenvalue weighted by atomic mass is 10.1. The van der Waals surface area contributed by atoms with Crippen LogP contribution < -0.4 is 24.4 Å². The normalized spacial score (nSPS) is 11.1. The summed E-state index contributed by atoms with van der Waals surface area (Å²) in [6.45, 7) is 2.00. The van der Waals surface area contributed by atoms with Gasteiger partial charge in [-0.1, -0.05) is 25.1 Å². The summed E-state index contributed by atoms with van der Waals surface area (Å²) in [5, 5.41) is 2.34. The van der Waals surface area contributed by atoms with Gasteiger partial charge in [-0.3, -0.25) is 4.79 Å². The Hall–Kier alpha value is -4.58. The van der Waals surface area contributed by atoms with Crippen molar-refractivity contribution in [2.45, 2.75) is 25.2 Å². The quantitative estimate of drug-likeness (QED) is 0.247. The number of aromatic nitrogens is 2. The van der Waals surface area contributed by atoms with Crippen molar-refractivity contribution in [1.29, 1.82) is 0 Å². The van der Waals surface area contributed by atoms with Crippen molar-refractivity contribution in [3.05, 3.63) is 84.1 Å². The summed E-state index contributed by atoms with van der Waals surface area (Å²) >= 11 is 0. The summed E-state index contributed by atoms with van der Waals surface area (Å²) in [7, 11) is 0.745. The van der Waals surface area contributed by atoms with E-state index >= 15 is 0 Å². The molecule has 0 aliphatic carbocycles. The van der Waals surface area contributed by atoms with Crippen LogP contribution in [0, 0.1) is 0 Å². The second-order valence-corrected chi connectivity index (χ2v) is 10.7. The number of benzene rings is 2. The highest BCUT2D eigenvalue weighted by atomic mass is 32.2. The van der Waals surface area contributed by atoms with Gasteiger partial charge >= 0.3 is 0 Å². The highest BCUT2D eigenvalue weighted by molar-refractivity contribution is 7.91. The standard InChI is InChI=1S/C28H30N4O7S/c1-5-40(34,35)28-29-16-23(26(31-28)27(33)30-22-13-12-20(36-2)15-25(22)38-4)32(18-21-10-8-14-39-21)17-19-9-6-7-11-24(19)37-3/h6-16H,5,17-18H2,1-4H3,(H,30,33). The van der Waals surface area contributed by atoms with Gasteiger partial charge < -0.3 is 28.8 Å². The minimum absolute atomic E-state index is 0.138. The van der Waals surface area contributed by atoms with E-state index in [0.29, 0.717) is 34.4 Å². The SMILES string of the molecule is CCS(=O)(=O)c1ncc(N(Cc2ccco2)Cc2ccccc2OC)c(C(=O)Nc2ccc(OC)cc2OC)n1. The summed E-state index contributed by atoms with van der Waals surface area (Å²) in [5.41, 5.74) is 1.33. The minimum Gasteiger partial charge on any atom is -0.497 e. The summed E-state index contributed by atoms with van der Waals surface area (Å²) < 4.78 is 47.1. The zero-order chi connectivity index (χ0) is 28.7. The molecule has 0 radical (unpaired) electrons. The molecule has 2 aromatic carbocycles. The third-order valence-corrected chi connectivity index (χ3v) is 7.61. The van der Waals surface area contributed by atoms with E-state index in [2.05, 4.69) is 15.3 Å². The summed E-state index contributed by atoms with van der Waals surface area (Å²) in [5.74, 6) is 1.27. The number of nitrogens with zero attached hydrogens (tertiary/aromatic N) is 3. The molecular formula is C28H30N4O7S. The van der Waals surface area contributed by atoms with Crippen molar-refractivity contribution in [2.24, 2.45) is 0 Å². The van der Waals surface area contributed by atoms with Crippen molar-refractivity contribution in [3.63, 3.8) is 0 Å². The van der Waals surface area contributed by atoms with Crippen LogP contribution in [-0.2, 0) is 22.9 Å². The van der Waals surface area contributed by atoms with Gasteiger partial charge in [0, 0.05) is 18.2 Å². The van der Waals surface area contributed by atoms with Crippen molar-refractivity contribution in [2.75, 3.05) is 37.3 Å². The fourth-order valence-electron chi connectivity index (χ4n) is 3.98. The average molecular weight is 567 g/mol. The van der Waals surface area contributed by atoms with Crippen molar-refractivity contribution >= 4 is 27.1 Å². The molecule has 2 heterocycles. The Morgan fingerprint density at radius 1 is 0.975 bits per heavy atom. The summed E-state index contributed by atoms with van der Waals surface area (Å²) in [6.07, 6.45) is 2.89. The molecule has 0 aliphatic heterocycles. The Bertz CT molecular complexity index is 1570. The predicted octanol–water partition coefficient (Wildman–Crippen LogP) is 4.35. The lowest BCUT2D eigenvalue weighted by Gasteiger charge is -2.26. The lowest BCUT2D eigenvalue weighted by molar-refractivity contribution is 0.102. The van der Waals surface area contributed by atoms with Gasteiger partial charge in [0.15, 0.2) is 5.69 Å². The Kier molecular flexibility index (Phi) is 8.90. The molecule has 0 fully saturated rings. The van der Waals surface area contributed by atoms with Crippen LogP contribution in [0.1, 0.15) is 28.7 Å². The summed E-state index contributed by atoms with van der Waals surface area (Å²) in [4.78, 5) is 24.0. The molecule has 1 N–H and O–H groups in total. The number of anilines is 2. The first-order valence-electron chi connectivity index (χ1n) is 12.3. The van der Waals surface area contributed by atoms with Crippen LogP contribution in [0.5, 0.6) is 17.2 Å². The zero-order valence-corrected chi connectivity index (χ0v) is 23.4. The smallest absolute Gasteiger partial charge is 0.276 e. The van der Waals surface area contributed by atoms with Crippen molar-refractivity contribution in [3.8, 4) is 17.2 Å². The molecule has 0 aliphatic rings. The number of ether oxygens (including phenoxy) is 3. The molecule has 2 aromatic heterocycles. The number of hydrogen-bond donors (Lipinski definition) is 1. The van der Waals surface area contributed by atoms with E-state index in [1.165, 1.54) is 27.3 Å². The van der Waals surface area contributed by atoms with Crippen LogP contribution in [0.2, 0.25) is 0 Å². The number of para-hydroxylation sites is 1. The van der Waals surface area contributed by atoms with Crippen LogP contribution in [0.4, 0.5) is 11.4 Å². The second-order valence-electron chi connectivity index (χ2n) is 8.56. The van der Waals surface area contributed by atoms with Gasteiger partial charge in [-0.2, -0.15) is 0 Å². The van der Waals surface area contributed by atoms with E-state index in [1.54, 1.807) is 43.7 Å². The molecule has 0 unspecified atom stereocenters. The molecule has 11 nitrogen and oxygen atoms in total. The first-order chi connectivity index (χ1) is 19.3. The van der Waals surface area contributed by atoms with Crippen molar-refractivity contribution in [1.82, 2.24) is 9.97 Å². The maximum absolute atomic E-state index is 13.7. The van der Waals surface area contributed by atoms with Crippen LogP contribution >= 0.6 is 0 Å². The van der Waals surface area contributed by atoms with E-state index < -0.39 is 20.9 Å². The van der Waals surface area contributed by atoms with Gasteiger partial charge in [0.25, 0.3) is 5.91 Å². The molecule has 0 atom stereocenters. The van der Waals surface area contributed by atoms with E-state index in [0.717, 1.165) is 5.56 Å². The number of methoxy groups -OCH3 is 3. The third-order valence-electron chi connectivity index (χ3n) is 6.10. The van der Waals surface area contributed by atoms with Crippen LogP contribution in [0.3, 0.4) is 0 Å². The van der Waals surface area contributed by atoms with E-state index in [-0.39, 0.29) is 24.5 Å². The van der Waals surface area contributed by atoms with E-state index in [9.17, 15) is 13.2 Å². The van der Waals surface area contributed by atoms with Crippen LogP contribution in [0.25, 0.3) is 0 Å². The molecule has 0 spiro atoms. The molecule has 40 heavy (non-hydrogen) atoms. The van der Waals surface area contributed by atoms with Gasteiger partial charge in [0.05, 0.1) is 57.5 Å². The predicted molar refractivity (Wildman–Crippen MR) is 149 cm³/mol. The Balaban J connectivity index is 1.82. The number of amides is 1. The Labute approximate surface area is 232 Å². The largest absolute Gasteiger partial charge is 0.497 e. The average Bonchev–Trinajstić information content (AvgIpc) is 3.50. The number of rotatable bonds is 12. The van der Waals surface area contributed by atoms with Gasteiger partial charge in [0.1, 0.15) is 23.0 Å². The Morgan fingerprint density at radius 2 is 1.75 bits per heavy atom. The first kappa shape index (κ1) is 28.4. The van der Waals surface area contributed by atoms with E-state index in [1.807, 2.05) is 29.2 Å². The number of sulfone groups is 1. The number of nitrogens with one attached hydrogen (secondary N) is 1. The maximum Gasteiger partial charge on any atom is 0.276 e. The third kappa shape index (κ3) is 6.34. The number of carbonyl (C=O) groups is 1. The van der Waals surface area contributed by atoms with Gasteiger partial charge in [0.2, 0.25) is 15.0 Å². The molecule has 210 valence electrons. The maximum atomic E-state index is 13.7. The lowest BCUT2D eigenvalue weighted by Crippen LogP contribution is -2.28. The number of carbonyl (C=O) groups excluding carboxylic acids is 1. The molecule has 4 aromatic rings. The second kappa shape index (κ2) is 12.5. The highest BCUT2D eigenvalue weighted by Gasteiger charge is 2.26.